The quantitative estimate of drug-likeness (QED) is 0.790. The molecule has 0 amide bonds. The number of hydrogen-bond acceptors (Lipinski definition) is 3. The Morgan fingerprint density at radius 3 is 2.29 bits per heavy atom. The first-order chi connectivity index (χ1) is 11.5. The second-order valence-corrected chi connectivity index (χ2v) is 9.12. The van der Waals surface area contributed by atoms with Gasteiger partial charge in [-0.1, -0.05) is 15.9 Å². The third-order valence-electron chi connectivity index (χ3n) is 6.57. The number of pyridine rings is 1. The van der Waals surface area contributed by atoms with Gasteiger partial charge in [-0.3, -0.25) is 4.98 Å². The van der Waals surface area contributed by atoms with Crippen LogP contribution in [0.4, 0.5) is 0 Å². The monoisotopic (exact) mass is 384 g/mol. The van der Waals surface area contributed by atoms with Crippen molar-refractivity contribution in [2.24, 2.45) is 17.8 Å². The summed E-state index contributed by atoms with van der Waals surface area (Å²) in [5.41, 5.74) is 2.15. The SMILES string of the molecule is O=C([O-])c1cc(C23CC4CC(CC(C4)C2)C3)nc2ccc(Br)cc12. The van der Waals surface area contributed by atoms with Crippen molar-refractivity contribution >= 4 is 32.8 Å². The molecule has 4 fully saturated rings. The van der Waals surface area contributed by atoms with Gasteiger partial charge in [-0.2, -0.15) is 0 Å². The summed E-state index contributed by atoms with van der Waals surface area (Å²) >= 11 is 3.42. The van der Waals surface area contributed by atoms with Crippen molar-refractivity contribution in [1.82, 2.24) is 4.98 Å². The van der Waals surface area contributed by atoms with E-state index in [1.807, 2.05) is 24.3 Å². The van der Waals surface area contributed by atoms with E-state index in [2.05, 4.69) is 15.9 Å². The molecule has 124 valence electrons. The van der Waals surface area contributed by atoms with Crippen molar-refractivity contribution in [2.45, 2.75) is 43.9 Å². The highest BCUT2D eigenvalue weighted by Gasteiger charge is 2.52. The summed E-state index contributed by atoms with van der Waals surface area (Å²) < 4.78 is 0.863. The molecule has 4 heteroatoms. The number of benzene rings is 1. The molecular weight excluding hydrogens is 366 g/mol. The molecule has 1 aromatic carbocycles. The number of carboxylic acids is 1. The smallest absolute Gasteiger partial charge is 0.0722 e. The predicted molar refractivity (Wildman–Crippen MR) is 93.6 cm³/mol. The van der Waals surface area contributed by atoms with Crippen LogP contribution in [0.1, 0.15) is 54.6 Å². The number of rotatable bonds is 2. The largest absolute Gasteiger partial charge is 0.545 e. The van der Waals surface area contributed by atoms with Crippen LogP contribution in [-0.4, -0.2) is 11.0 Å². The highest BCUT2D eigenvalue weighted by Crippen LogP contribution is 2.60. The molecule has 0 N–H and O–H groups in total. The second-order valence-electron chi connectivity index (χ2n) is 8.20. The first kappa shape index (κ1) is 14.9. The molecule has 2 aromatic rings. The minimum absolute atomic E-state index is 0.0974. The van der Waals surface area contributed by atoms with Crippen molar-refractivity contribution in [1.29, 1.82) is 0 Å². The Hall–Kier alpha value is -1.42. The molecule has 4 saturated carbocycles. The molecule has 0 atom stereocenters. The Morgan fingerprint density at radius 2 is 1.71 bits per heavy atom. The number of carboxylic acid groups (broad SMARTS) is 1. The zero-order chi connectivity index (χ0) is 16.5. The summed E-state index contributed by atoms with van der Waals surface area (Å²) in [4.78, 5) is 16.7. The minimum Gasteiger partial charge on any atom is -0.545 e. The summed E-state index contributed by atoms with van der Waals surface area (Å²) in [6.45, 7) is 0. The second kappa shape index (κ2) is 5.04. The summed E-state index contributed by atoms with van der Waals surface area (Å²) in [5, 5.41) is 12.4. The lowest BCUT2D eigenvalue weighted by atomic mass is 9.48. The molecule has 0 unspecified atom stereocenters. The zero-order valence-corrected chi connectivity index (χ0v) is 15.0. The summed E-state index contributed by atoms with van der Waals surface area (Å²) in [7, 11) is 0. The van der Waals surface area contributed by atoms with Gasteiger partial charge in [-0.05, 0) is 80.5 Å². The van der Waals surface area contributed by atoms with Crippen LogP contribution in [0, 0.1) is 17.8 Å². The lowest BCUT2D eigenvalue weighted by molar-refractivity contribution is -0.254. The van der Waals surface area contributed by atoms with Crippen LogP contribution < -0.4 is 5.11 Å². The first-order valence-corrected chi connectivity index (χ1v) is 9.64. The summed E-state index contributed by atoms with van der Waals surface area (Å²) in [6, 6.07) is 7.49. The van der Waals surface area contributed by atoms with Gasteiger partial charge in [-0.25, -0.2) is 0 Å². The average molecular weight is 385 g/mol. The Kier molecular flexibility index (Phi) is 3.13. The van der Waals surface area contributed by atoms with E-state index in [1.54, 1.807) is 0 Å². The zero-order valence-electron chi connectivity index (χ0n) is 13.4. The Labute approximate surface area is 149 Å². The van der Waals surface area contributed by atoms with Crippen molar-refractivity contribution in [2.75, 3.05) is 0 Å². The third-order valence-corrected chi connectivity index (χ3v) is 7.07. The number of halogens is 1. The molecule has 24 heavy (non-hydrogen) atoms. The molecule has 6 rings (SSSR count). The van der Waals surface area contributed by atoms with E-state index >= 15 is 0 Å². The molecule has 0 aliphatic heterocycles. The number of fused-ring (bicyclic) bond motifs is 1. The predicted octanol–water partition coefficient (Wildman–Crippen LogP) is 3.83. The normalized spacial score (nSPS) is 34.0. The lowest BCUT2D eigenvalue weighted by Gasteiger charge is -2.56. The number of aromatic carboxylic acids is 1. The van der Waals surface area contributed by atoms with Crippen molar-refractivity contribution in [3.63, 3.8) is 0 Å². The van der Waals surface area contributed by atoms with E-state index in [4.69, 9.17) is 4.98 Å². The molecule has 4 aliphatic carbocycles. The van der Waals surface area contributed by atoms with Crippen LogP contribution in [0.25, 0.3) is 10.9 Å². The number of aromatic nitrogens is 1. The molecular formula is C20H19BrNO2-. The van der Waals surface area contributed by atoms with Crippen LogP contribution >= 0.6 is 15.9 Å². The Bertz CT molecular complexity index is 825. The molecule has 3 nitrogen and oxygen atoms in total. The highest BCUT2D eigenvalue weighted by molar-refractivity contribution is 9.10. The summed E-state index contributed by atoms with van der Waals surface area (Å²) in [5.74, 6) is 1.33. The van der Waals surface area contributed by atoms with Crippen molar-refractivity contribution in [3.05, 3.63) is 40.0 Å². The van der Waals surface area contributed by atoms with Gasteiger partial charge in [0.25, 0.3) is 0 Å². The van der Waals surface area contributed by atoms with E-state index in [9.17, 15) is 9.90 Å². The molecule has 1 heterocycles. The Morgan fingerprint density at radius 1 is 1.08 bits per heavy atom. The van der Waals surface area contributed by atoms with E-state index in [0.29, 0.717) is 5.39 Å². The van der Waals surface area contributed by atoms with Crippen LogP contribution in [0.5, 0.6) is 0 Å². The maximum absolute atomic E-state index is 11.8. The maximum atomic E-state index is 11.8. The van der Waals surface area contributed by atoms with Crippen LogP contribution in [0.3, 0.4) is 0 Å². The fourth-order valence-electron chi connectivity index (χ4n) is 6.06. The van der Waals surface area contributed by atoms with E-state index in [1.165, 1.54) is 38.5 Å². The number of carbonyl (C=O) groups is 1. The van der Waals surface area contributed by atoms with E-state index < -0.39 is 5.97 Å². The number of hydrogen-bond donors (Lipinski definition) is 0. The van der Waals surface area contributed by atoms with Crippen molar-refractivity contribution < 1.29 is 9.90 Å². The van der Waals surface area contributed by atoms with Crippen LogP contribution in [0.2, 0.25) is 0 Å². The van der Waals surface area contributed by atoms with Gasteiger partial charge in [0, 0.05) is 26.5 Å². The topological polar surface area (TPSA) is 53.0 Å². The highest BCUT2D eigenvalue weighted by atomic mass is 79.9. The van der Waals surface area contributed by atoms with Gasteiger partial charge in [0.05, 0.1) is 11.5 Å². The van der Waals surface area contributed by atoms with Crippen LogP contribution in [0.15, 0.2) is 28.7 Å². The molecule has 0 radical (unpaired) electrons. The molecule has 0 saturated heterocycles. The molecule has 1 aromatic heterocycles. The standard InChI is InChI=1S/C20H20BrNO2/c21-14-1-2-17-15(6-14)16(19(23)24)7-18(22-17)20-8-11-3-12(9-20)5-13(4-11)10-20/h1-2,6-7,11-13H,3-5,8-10H2,(H,23,24)/p-1. The maximum Gasteiger partial charge on any atom is 0.0722 e. The number of nitrogens with zero attached hydrogens (tertiary/aromatic N) is 1. The van der Waals surface area contributed by atoms with E-state index in [0.717, 1.165) is 33.4 Å². The summed E-state index contributed by atoms with van der Waals surface area (Å²) in [6.07, 6.45) is 7.65. The van der Waals surface area contributed by atoms with Gasteiger partial charge in [0.1, 0.15) is 0 Å². The van der Waals surface area contributed by atoms with Crippen molar-refractivity contribution in [3.8, 4) is 0 Å². The lowest BCUT2D eigenvalue weighted by Crippen LogP contribution is -2.49. The first-order valence-electron chi connectivity index (χ1n) is 8.84. The minimum atomic E-state index is -1.11. The van der Waals surface area contributed by atoms with Gasteiger partial charge in [0.15, 0.2) is 0 Å². The van der Waals surface area contributed by atoms with Gasteiger partial charge >= 0.3 is 0 Å². The van der Waals surface area contributed by atoms with Gasteiger partial charge < -0.3 is 9.90 Å². The fraction of sp³-hybridized carbons (Fsp3) is 0.500. The third kappa shape index (κ3) is 2.15. The molecule has 4 bridgehead atoms. The molecule has 0 spiro atoms. The molecule has 4 aliphatic rings. The number of carbonyl (C=O) groups excluding carboxylic acids is 1. The van der Waals surface area contributed by atoms with E-state index in [-0.39, 0.29) is 11.0 Å². The van der Waals surface area contributed by atoms with Gasteiger partial charge in [-0.15, -0.1) is 0 Å². The van der Waals surface area contributed by atoms with Gasteiger partial charge in [0.2, 0.25) is 0 Å². The average Bonchev–Trinajstić information content (AvgIpc) is 2.52. The van der Waals surface area contributed by atoms with Crippen LogP contribution in [-0.2, 0) is 5.41 Å². The Balaban J connectivity index is 1.70. The fourth-order valence-corrected chi connectivity index (χ4v) is 6.42.